The van der Waals surface area contributed by atoms with E-state index >= 15 is 0 Å². The van der Waals surface area contributed by atoms with Gasteiger partial charge in [0, 0.05) is 21.1 Å². The Bertz CT molecular complexity index is 1030. The first-order chi connectivity index (χ1) is 15.4. The molecule has 1 aromatic heterocycles. The van der Waals surface area contributed by atoms with Gasteiger partial charge in [0.2, 0.25) is 0 Å². The van der Waals surface area contributed by atoms with Crippen LogP contribution in [-0.2, 0) is 0 Å². The predicted octanol–water partition coefficient (Wildman–Crippen LogP) is 5.80. The molecule has 1 unspecified atom stereocenters. The van der Waals surface area contributed by atoms with Crippen LogP contribution in [0.15, 0.2) is 24.3 Å². The molecule has 0 aliphatic carbocycles. The Morgan fingerprint density at radius 2 is 1.27 bits per heavy atom. The lowest BCUT2D eigenvalue weighted by atomic mass is 9.74. The normalized spacial score (nSPS) is 14.5. The van der Waals surface area contributed by atoms with Crippen LogP contribution in [0.3, 0.4) is 0 Å². The molecule has 0 aliphatic heterocycles. The number of aromatic carboxylic acids is 1. The molecule has 1 aromatic carbocycles. The monoisotopic (exact) mass is 453 g/mol. The molecule has 0 spiro atoms. The summed E-state index contributed by atoms with van der Waals surface area (Å²) in [4.78, 5) is 14.1. The van der Waals surface area contributed by atoms with E-state index in [0.29, 0.717) is 11.5 Å². The van der Waals surface area contributed by atoms with Gasteiger partial charge in [-0.05, 0) is 62.6 Å². The SMILES string of the molecule is CC(C)C.CC=c1c(=C/C)/c(=C\C)[nH]/c1=C/C.CCC(C)(C)C(C)c1ccc(C(=O)O)cc1. The van der Waals surface area contributed by atoms with E-state index < -0.39 is 5.97 Å². The molecule has 0 fully saturated rings. The first kappa shape index (κ1) is 30.4. The molecule has 0 saturated carbocycles. The number of carboxylic acids is 1. The van der Waals surface area contributed by atoms with Crippen molar-refractivity contribution in [1.29, 1.82) is 0 Å². The van der Waals surface area contributed by atoms with Gasteiger partial charge >= 0.3 is 5.97 Å². The third-order valence-electron chi connectivity index (χ3n) is 6.04. The molecule has 33 heavy (non-hydrogen) atoms. The highest BCUT2D eigenvalue weighted by atomic mass is 16.4. The lowest BCUT2D eigenvalue weighted by Crippen LogP contribution is -2.36. The third kappa shape index (κ3) is 9.45. The summed E-state index contributed by atoms with van der Waals surface area (Å²) < 4.78 is 0. The second-order valence-corrected chi connectivity index (χ2v) is 9.66. The van der Waals surface area contributed by atoms with Crippen LogP contribution in [0.5, 0.6) is 0 Å². The Labute approximate surface area is 201 Å². The highest BCUT2D eigenvalue weighted by Crippen LogP contribution is 2.37. The Morgan fingerprint density at radius 3 is 1.55 bits per heavy atom. The van der Waals surface area contributed by atoms with E-state index in [2.05, 4.69) is 105 Å². The van der Waals surface area contributed by atoms with Crippen LogP contribution in [0.4, 0.5) is 0 Å². The number of carbonyl (C=O) groups is 1. The first-order valence-electron chi connectivity index (χ1n) is 12.2. The minimum absolute atomic E-state index is 0.241. The fraction of sp³-hybridized carbons (Fsp3) is 0.500. The quantitative estimate of drug-likeness (QED) is 0.614. The first-order valence-corrected chi connectivity index (χ1v) is 12.2. The zero-order valence-corrected chi connectivity index (χ0v) is 22.8. The molecule has 0 amide bonds. The molecule has 0 saturated heterocycles. The van der Waals surface area contributed by atoms with E-state index in [0.717, 1.165) is 12.3 Å². The van der Waals surface area contributed by atoms with Crippen LogP contribution in [-0.4, -0.2) is 16.1 Å². The van der Waals surface area contributed by atoms with Crippen LogP contribution in [0, 0.1) is 11.3 Å². The van der Waals surface area contributed by atoms with Crippen LogP contribution in [0.2, 0.25) is 0 Å². The number of H-pyrrole nitrogens is 1. The summed E-state index contributed by atoms with van der Waals surface area (Å²) in [7, 11) is 0. The van der Waals surface area contributed by atoms with Crippen molar-refractivity contribution >= 4 is 30.3 Å². The van der Waals surface area contributed by atoms with E-state index in [9.17, 15) is 4.79 Å². The predicted molar refractivity (Wildman–Crippen MR) is 146 cm³/mol. The van der Waals surface area contributed by atoms with Gasteiger partial charge in [0.15, 0.2) is 0 Å². The van der Waals surface area contributed by atoms with Crippen LogP contribution in [0.1, 0.15) is 104 Å². The third-order valence-corrected chi connectivity index (χ3v) is 6.04. The number of rotatable bonds is 4. The number of hydrogen-bond donors (Lipinski definition) is 2. The summed E-state index contributed by atoms with van der Waals surface area (Å²) in [6.07, 6.45) is 9.61. The summed E-state index contributed by atoms with van der Waals surface area (Å²) in [6, 6.07) is 7.21. The van der Waals surface area contributed by atoms with Crippen molar-refractivity contribution in [2.75, 3.05) is 0 Å². The summed E-state index contributed by atoms with van der Waals surface area (Å²) in [5.41, 5.74) is 1.80. The number of nitrogens with one attached hydrogen (secondary N) is 1. The van der Waals surface area contributed by atoms with Gasteiger partial charge in [-0.15, -0.1) is 0 Å². The molecule has 184 valence electrons. The average Bonchev–Trinajstić information content (AvgIpc) is 3.15. The molecule has 0 radical (unpaired) electrons. The number of hydrogen-bond acceptors (Lipinski definition) is 1. The van der Waals surface area contributed by atoms with E-state index in [1.165, 1.54) is 26.7 Å². The Kier molecular flexibility index (Phi) is 13.4. The molecule has 0 aliphatic rings. The maximum absolute atomic E-state index is 10.7. The van der Waals surface area contributed by atoms with E-state index in [1.54, 1.807) is 12.1 Å². The molecule has 1 heterocycles. The lowest BCUT2D eigenvalue weighted by Gasteiger charge is -2.31. The molecule has 3 heteroatoms. The second-order valence-electron chi connectivity index (χ2n) is 9.66. The average molecular weight is 454 g/mol. The summed E-state index contributed by atoms with van der Waals surface area (Å²) in [5, 5.41) is 13.9. The molecule has 0 bridgehead atoms. The molecule has 2 rings (SSSR count). The van der Waals surface area contributed by atoms with Crippen molar-refractivity contribution < 1.29 is 9.90 Å². The molecule has 3 nitrogen and oxygen atoms in total. The van der Waals surface area contributed by atoms with Gasteiger partial charge < -0.3 is 10.1 Å². The van der Waals surface area contributed by atoms with Gasteiger partial charge in [-0.3, -0.25) is 0 Å². The Hall–Kier alpha value is -2.55. The molecule has 2 N–H and O–H groups in total. The largest absolute Gasteiger partial charge is 0.478 e. The van der Waals surface area contributed by atoms with Crippen molar-refractivity contribution in [3.63, 3.8) is 0 Å². The molecule has 2 aromatic rings. The van der Waals surface area contributed by atoms with Crippen molar-refractivity contribution in [2.45, 2.75) is 88.5 Å². The van der Waals surface area contributed by atoms with Crippen molar-refractivity contribution in [3.8, 4) is 0 Å². The fourth-order valence-corrected chi connectivity index (χ4v) is 3.32. The van der Waals surface area contributed by atoms with Gasteiger partial charge in [0.25, 0.3) is 0 Å². The minimum Gasteiger partial charge on any atom is -0.478 e. The summed E-state index contributed by atoms with van der Waals surface area (Å²) in [6.45, 7) is 23.6. The van der Waals surface area contributed by atoms with E-state index in [-0.39, 0.29) is 5.41 Å². The molecule has 1 atom stereocenters. The Balaban J connectivity index is 0.000000542. The maximum atomic E-state index is 10.7. The highest BCUT2D eigenvalue weighted by molar-refractivity contribution is 5.87. The van der Waals surface area contributed by atoms with Crippen LogP contribution in [0.25, 0.3) is 24.3 Å². The van der Waals surface area contributed by atoms with E-state index in [4.69, 9.17) is 5.11 Å². The number of benzene rings is 1. The van der Waals surface area contributed by atoms with E-state index in [1.807, 2.05) is 12.1 Å². The van der Waals surface area contributed by atoms with Crippen molar-refractivity contribution in [3.05, 3.63) is 56.5 Å². The topological polar surface area (TPSA) is 53.1 Å². The van der Waals surface area contributed by atoms with Crippen LogP contribution < -0.4 is 21.1 Å². The zero-order chi connectivity index (χ0) is 25.8. The minimum atomic E-state index is -0.867. The molecular formula is C30H47NO2. The van der Waals surface area contributed by atoms with Crippen molar-refractivity contribution in [1.82, 2.24) is 4.98 Å². The number of carboxylic acid groups (broad SMARTS) is 1. The standard InChI is InChI=1S/C14H20O2.C12H17N.C4H10/c1-5-14(3,4)10(2)11-6-8-12(9-7-11)13(15)16;1-5-9-10(6-2)12(8-4)13-11(9)7-3;1-4(2)3/h6-10H,5H2,1-4H3,(H,15,16);5-8,13H,1-4H3;4H,1-3H3/b;9-5-,10-6?,11-7+,12-8+;. The van der Waals surface area contributed by atoms with Gasteiger partial charge in [-0.1, -0.05) is 91.3 Å². The van der Waals surface area contributed by atoms with Gasteiger partial charge in [-0.25, -0.2) is 4.79 Å². The van der Waals surface area contributed by atoms with Crippen molar-refractivity contribution in [2.24, 2.45) is 11.3 Å². The fourth-order valence-electron chi connectivity index (χ4n) is 3.32. The summed E-state index contributed by atoms with van der Waals surface area (Å²) in [5.74, 6) is 0.397. The van der Waals surface area contributed by atoms with Gasteiger partial charge in [-0.2, -0.15) is 0 Å². The molecular weight excluding hydrogens is 406 g/mol. The smallest absolute Gasteiger partial charge is 0.335 e. The lowest BCUT2D eigenvalue weighted by molar-refractivity contribution is 0.0697. The van der Waals surface area contributed by atoms with Gasteiger partial charge in [0.05, 0.1) is 5.56 Å². The second kappa shape index (κ2) is 14.6. The maximum Gasteiger partial charge on any atom is 0.335 e. The summed E-state index contributed by atoms with van der Waals surface area (Å²) >= 11 is 0. The zero-order valence-electron chi connectivity index (χ0n) is 22.8. The highest BCUT2D eigenvalue weighted by Gasteiger charge is 2.24. The van der Waals surface area contributed by atoms with Crippen LogP contribution >= 0.6 is 0 Å². The number of aromatic amines is 1. The van der Waals surface area contributed by atoms with Gasteiger partial charge in [0.1, 0.15) is 0 Å². The number of aromatic nitrogens is 1. The Morgan fingerprint density at radius 1 is 0.879 bits per heavy atom.